The fourth-order valence-corrected chi connectivity index (χ4v) is 3.42. The summed E-state index contributed by atoms with van der Waals surface area (Å²) in [6.45, 7) is 0. The minimum absolute atomic E-state index is 0.228. The zero-order chi connectivity index (χ0) is 12.4. The first kappa shape index (κ1) is 12.9. The zero-order valence-corrected chi connectivity index (χ0v) is 11.7. The summed E-state index contributed by atoms with van der Waals surface area (Å²) in [5.74, 6) is -0.995. The van der Waals surface area contributed by atoms with Gasteiger partial charge in [0, 0.05) is 9.50 Å². The third-order valence-corrected chi connectivity index (χ3v) is 4.26. The molecule has 92 valence electrons. The monoisotopic (exact) mass is 316 g/mol. The zero-order valence-electron chi connectivity index (χ0n) is 9.33. The average molecular weight is 318 g/mol. The molecule has 2 rings (SSSR count). The molecule has 0 amide bonds. The molecule has 1 atom stereocenters. The maximum absolute atomic E-state index is 11.5. The molecule has 0 spiro atoms. The second-order valence-corrected chi connectivity index (χ2v) is 5.85. The molecule has 0 aromatic heterocycles. The molecule has 17 heavy (non-hydrogen) atoms. The minimum atomic E-state index is -0.763. The lowest BCUT2D eigenvalue weighted by atomic mass is 9.85. The number of benzene rings is 1. The predicted octanol–water partition coefficient (Wildman–Crippen LogP) is 4.46. The van der Waals surface area contributed by atoms with Crippen molar-refractivity contribution in [1.82, 2.24) is 0 Å². The van der Waals surface area contributed by atoms with Crippen LogP contribution in [0.2, 0.25) is 5.02 Å². The summed E-state index contributed by atoms with van der Waals surface area (Å²) in [7, 11) is 0. The molecule has 1 aromatic rings. The lowest BCUT2D eigenvalue weighted by Crippen LogP contribution is -2.20. The molecule has 0 radical (unpaired) electrons. The van der Waals surface area contributed by atoms with Crippen LogP contribution in [0.25, 0.3) is 0 Å². The summed E-state index contributed by atoms with van der Waals surface area (Å²) in [5.41, 5.74) is 0.745. The molecule has 1 aliphatic rings. The number of aliphatic carboxylic acids is 1. The summed E-state index contributed by atoms with van der Waals surface area (Å²) < 4.78 is 0.877. The van der Waals surface area contributed by atoms with Gasteiger partial charge in [0.1, 0.15) is 0 Å². The van der Waals surface area contributed by atoms with Crippen molar-refractivity contribution in [3.8, 4) is 0 Å². The number of carboxylic acid groups (broad SMARTS) is 1. The van der Waals surface area contributed by atoms with Gasteiger partial charge in [0.05, 0.1) is 5.92 Å². The van der Waals surface area contributed by atoms with Crippen LogP contribution in [-0.4, -0.2) is 11.1 Å². The van der Waals surface area contributed by atoms with Crippen molar-refractivity contribution in [2.24, 2.45) is 5.92 Å². The third kappa shape index (κ3) is 2.83. The lowest BCUT2D eigenvalue weighted by Gasteiger charge is -2.20. The molecule has 1 aromatic carbocycles. The predicted molar refractivity (Wildman–Crippen MR) is 71.5 cm³/mol. The number of hydrogen-bond acceptors (Lipinski definition) is 1. The average Bonchev–Trinajstić information content (AvgIpc) is 2.74. The van der Waals surface area contributed by atoms with E-state index >= 15 is 0 Å². The summed E-state index contributed by atoms with van der Waals surface area (Å²) in [6.07, 6.45) is 4.23. The molecule has 0 heterocycles. The van der Waals surface area contributed by atoms with Crippen LogP contribution in [0, 0.1) is 5.92 Å². The normalized spacial score (nSPS) is 18.2. The van der Waals surface area contributed by atoms with Gasteiger partial charge in [0.25, 0.3) is 0 Å². The number of hydrogen-bond donors (Lipinski definition) is 1. The third-order valence-electron chi connectivity index (χ3n) is 3.43. The van der Waals surface area contributed by atoms with Crippen LogP contribution in [0.5, 0.6) is 0 Å². The summed E-state index contributed by atoms with van der Waals surface area (Å²) in [5, 5.41) is 9.95. The molecular formula is C13H14BrClO2. The highest BCUT2D eigenvalue weighted by Gasteiger charge is 2.33. The Kier molecular flexibility index (Phi) is 4.10. The van der Waals surface area contributed by atoms with Crippen molar-refractivity contribution < 1.29 is 9.90 Å². The topological polar surface area (TPSA) is 37.3 Å². The largest absolute Gasteiger partial charge is 0.481 e. The molecule has 0 saturated heterocycles. The Labute approximate surface area is 114 Å². The highest BCUT2D eigenvalue weighted by Crippen LogP contribution is 2.40. The van der Waals surface area contributed by atoms with E-state index in [9.17, 15) is 9.90 Å². The molecule has 2 nitrogen and oxygen atoms in total. The number of halogens is 2. The van der Waals surface area contributed by atoms with Gasteiger partial charge < -0.3 is 5.11 Å². The van der Waals surface area contributed by atoms with Crippen LogP contribution in [0.1, 0.15) is 37.2 Å². The van der Waals surface area contributed by atoms with Gasteiger partial charge in [-0.1, -0.05) is 46.4 Å². The standard InChI is InChI=1S/C13H14BrClO2/c14-9-5-6-10(11(15)7-9)12(13(16)17)8-3-1-2-4-8/h5-8,12H,1-4H2,(H,16,17). The van der Waals surface area contributed by atoms with E-state index in [4.69, 9.17) is 11.6 Å². The van der Waals surface area contributed by atoms with E-state index in [0.717, 1.165) is 35.7 Å². The first-order chi connectivity index (χ1) is 8.09. The fraction of sp³-hybridized carbons (Fsp3) is 0.462. The van der Waals surface area contributed by atoms with Crippen LogP contribution in [0.3, 0.4) is 0 Å². The van der Waals surface area contributed by atoms with E-state index in [2.05, 4.69) is 15.9 Å². The quantitative estimate of drug-likeness (QED) is 0.893. The SMILES string of the molecule is O=C(O)C(c1ccc(Br)cc1Cl)C1CCCC1. The molecule has 1 saturated carbocycles. The molecular weight excluding hydrogens is 303 g/mol. The fourth-order valence-electron chi connectivity index (χ4n) is 2.63. The van der Waals surface area contributed by atoms with Crippen LogP contribution >= 0.6 is 27.5 Å². The molecule has 1 fully saturated rings. The Morgan fingerprint density at radius 3 is 2.59 bits per heavy atom. The Hall–Kier alpha value is -0.540. The van der Waals surface area contributed by atoms with Gasteiger partial charge in [-0.3, -0.25) is 4.79 Å². The number of carbonyl (C=O) groups is 1. The van der Waals surface area contributed by atoms with Crippen LogP contribution < -0.4 is 0 Å². The van der Waals surface area contributed by atoms with Gasteiger partial charge in [-0.2, -0.15) is 0 Å². The Bertz CT molecular complexity index is 427. The summed E-state index contributed by atoms with van der Waals surface area (Å²) >= 11 is 9.49. The van der Waals surface area contributed by atoms with Crippen molar-refractivity contribution in [3.05, 3.63) is 33.3 Å². The van der Waals surface area contributed by atoms with Crippen molar-refractivity contribution in [2.75, 3.05) is 0 Å². The smallest absolute Gasteiger partial charge is 0.311 e. The molecule has 1 aliphatic carbocycles. The maximum atomic E-state index is 11.5. The van der Waals surface area contributed by atoms with E-state index in [0.29, 0.717) is 5.02 Å². The molecule has 0 bridgehead atoms. The minimum Gasteiger partial charge on any atom is -0.481 e. The van der Waals surface area contributed by atoms with Gasteiger partial charge in [-0.15, -0.1) is 0 Å². The van der Waals surface area contributed by atoms with Crippen molar-refractivity contribution in [1.29, 1.82) is 0 Å². The van der Waals surface area contributed by atoms with Gasteiger partial charge in [0.15, 0.2) is 0 Å². The maximum Gasteiger partial charge on any atom is 0.311 e. The van der Waals surface area contributed by atoms with E-state index in [1.165, 1.54) is 0 Å². The Morgan fingerprint density at radius 1 is 1.41 bits per heavy atom. The highest BCUT2D eigenvalue weighted by atomic mass is 79.9. The lowest BCUT2D eigenvalue weighted by molar-refractivity contribution is -0.140. The summed E-state index contributed by atoms with van der Waals surface area (Å²) in [6, 6.07) is 5.44. The second kappa shape index (κ2) is 5.40. The van der Waals surface area contributed by atoms with Gasteiger partial charge in [-0.25, -0.2) is 0 Å². The summed E-state index contributed by atoms with van der Waals surface area (Å²) in [4.78, 5) is 11.5. The molecule has 1 unspecified atom stereocenters. The van der Waals surface area contributed by atoms with E-state index < -0.39 is 11.9 Å². The Morgan fingerprint density at radius 2 is 2.06 bits per heavy atom. The number of rotatable bonds is 3. The van der Waals surface area contributed by atoms with Crippen LogP contribution in [0.4, 0.5) is 0 Å². The molecule has 4 heteroatoms. The number of carboxylic acids is 1. The second-order valence-electron chi connectivity index (χ2n) is 4.53. The van der Waals surface area contributed by atoms with Gasteiger partial charge >= 0.3 is 5.97 Å². The van der Waals surface area contributed by atoms with Crippen LogP contribution in [-0.2, 0) is 4.79 Å². The Balaban J connectivity index is 2.35. The van der Waals surface area contributed by atoms with E-state index in [1.54, 1.807) is 6.07 Å². The van der Waals surface area contributed by atoms with Gasteiger partial charge in [-0.05, 0) is 36.5 Å². The van der Waals surface area contributed by atoms with Crippen molar-refractivity contribution in [2.45, 2.75) is 31.6 Å². The van der Waals surface area contributed by atoms with E-state index in [-0.39, 0.29) is 5.92 Å². The molecule has 1 N–H and O–H groups in total. The van der Waals surface area contributed by atoms with Crippen LogP contribution in [0.15, 0.2) is 22.7 Å². The first-order valence-electron chi connectivity index (χ1n) is 5.77. The highest BCUT2D eigenvalue weighted by molar-refractivity contribution is 9.10. The van der Waals surface area contributed by atoms with Crippen molar-refractivity contribution in [3.63, 3.8) is 0 Å². The van der Waals surface area contributed by atoms with E-state index in [1.807, 2.05) is 12.1 Å². The van der Waals surface area contributed by atoms with Crippen molar-refractivity contribution >= 4 is 33.5 Å². The van der Waals surface area contributed by atoms with Gasteiger partial charge in [0.2, 0.25) is 0 Å². The first-order valence-corrected chi connectivity index (χ1v) is 6.94. The molecule has 0 aliphatic heterocycles.